The summed E-state index contributed by atoms with van der Waals surface area (Å²) in [6.45, 7) is 3.57. The van der Waals surface area contributed by atoms with Gasteiger partial charge in [-0.15, -0.1) is 0 Å². The highest BCUT2D eigenvalue weighted by Crippen LogP contribution is 2.15. The first-order valence-electron chi connectivity index (χ1n) is 8.67. The molecule has 0 spiro atoms. The molecule has 0 fully saturated rings. The van der Waals surface area contributed by atoms with E-state index in [0.717, 1.165) is 23.6 Å². The number of thioether (sulfide) groups is 1. The topological polar surface area (TPSA) is 46.9 Å². The second-order valence-electron chi connectivity index (χ2n) is 6.17. The number of amides is 1. The number of aromatic nitrogens is 2. The summed E-state index contributed by atoms with van der Waals surface area (Å²) in [5, 5.41) is 2.99. The van der Waals surface area contributed by atoms with E-state index in [1.165, 1.54) is 11.1 Å². The third-order valence-electron chi connectivity index (χ3n) is 4.19. The number of hydrogen-bond donors (Lipinski definition) is 1. The summed E-state index contributed by atoms with van der Waals surface area (Å²) in [6, 6.07) is 16.2. The van der Waals surface area contributed by atoms with Crippen molar-refractivity contribution in [3.63, 3.8) is 0 Å². The second-order valence-corrected chi connectivity index (χ2v) is 7.27. The molecular formula is C21H23N3OS. The van der Waals surface area contributed by atoms with Crippen LogP contribution in [0.1, 0.15) is 27.0 Å². The Balaban J connectivity index is 1.40. The molecule has 0 atom stereocenters. The van der Waals surface area contributed by atoms with Gasteiger partial charge in [0.25, 0.3) is 5.91 Å². The summed E-state index contributed by atoms with van der Waals surface area (Å²) in [5.74, 6) is 1.86. The van der Waals surface area contributed by atoms with Crippen molar-refractivity contribution in [1.29, 1.82) is 0 Å². The molecule has 0 unspecified atom stereocenters. The van der Waals surface area contributed by atoms with Gasteiger partial charge >= 0.3 is 0 Å². The van der Waals surface area contributed by atoms with Crippen molar-refractivity contribution >= 4 is 17.7 Å². The molecule has 1 heterocycles. The Hall–Kier alpha value is -2.53. The van der Waals surface area contributed by atoms with E-state index in [1.54, 1.807) is 12.5 Å². The van der Waals surface area contributed by atoms with Crippen molar-refractivity contribution in [2.75, 3.05) is 12.3 Å². The van der Waals surface area contributed by atoms with E-state index in [2.05, 4.69) is 41.5 Å². The van der Waals surface area contributed by atoms with Gasteiger partial charge in [0.1, 0.15) is 0 Å². The zero-order valence-corrected chi connectivity index (χ0v) is 15.7. The van der Waals surface area contributed by atoms with Crippen molar-refractivity contribution < 1.29 is 4.79 Å². The largest absolute Gasteiger partial charge is 0.351 e. The number of benzene rings is 2. The average molecular weight is 366 g/mol. The fourth-order valence-corrected chi connectivity index (χ4v) is 3.58. The fraction of sp³-hybridized carbons (Fsp3) is 0.238. The lowest BCUT2D eigenvalue weighted by molar-refractivity contribution is 0.0956. The first-order chi connectivity index (χ1) is 12.7. The van der Waals surface area contributed by atoms with E-state index >= 15 is 0 Å². The van der Waals surface area contributed by atoms with Gasteiger partial charge in [0, 0.05) is 42.6 Å². The van der Waals surface area contributed by atoms with Gasteiger partial charge in [-0.25, -0.2) is 4.98 Å². The van der Waals surface area contributed by atoms with E-state index in [-0.39, 0.29) is 5.91 Å². The average Bonchev–Trinajstić information content (AvgIpc) is 3.16. The second kappa shape index (κ2) is 9.25. The zero-order chi connectivity index (χ0) is 18.2. The molecule has 134 valence electrons. The van der Waals surface area contributed by atoms with Crippen LogP contribution in [0.3, 0.4) is 0 Å². The summed E-state index contributed by atoms with van der Waals surface area (Å²) in [7, 11) is 0. The van der Waals surface area contributed by atoms with Crippen LogP contribution in [0.15, 0.2) is 67.3 Å². The van der Waals surface area contributed by atoms with Crippen molar-refractivity contribution in [3.05, 3.63) is 89.5 Å². The predicted molar refractivity (Wildman–Crippen MR) is 107 cm³/mol. The minimum absolute atomic E-state index is 0.0179. The molecule has 1 aromatic heterocycles. The molecule has 0 saturated heterocycles. The van der Waals surface area contributed by atoms with Gasteiger partial charge in [0.05, 0.1) is 6.33 Å². The van der Waals surface area contributed by atoms with Gasteiger partial charge in [0.2, 0.25) is 0 Å². The van der Waals surface area contributed by atoms with Crippen LogP contribution < -0.4 is 5.32 Å². The number of carbonyl (C=O) groups is 1. The highest BCUT2D eigenvalue weighted by Gasteiger charge is 2.05. The van der Waals surface area contributed by atoms with Crippen LogP contribution in [0.5, 0.6) is 0 Å². The highest BCUT2D eigenvalue weighted by atomic mass is 32.2. The summed E-state index contributed by atoms with van der Waals surface area (Å²) in [6.07, 6.45) is 5.48. The van der Waals surface area contributed by atoms with E-state index in [1.807, 2.05) is 46.8 Å². The molecule has 0 aliphatic heterocycles. The van der Waals surface area contributed by atoms with Gasteiger partial charge in [-0.2, -0.15) is 11.8 Å². The van der Waals surface area contributed by atoms with Crippen LogP contribution in [0, 0.1) is 6.92 Å². The lowest BCUT2D eigenvalue weighted by atomic mass is 10.1. The molecule has 3 aromatic rings. The standard InChI is InChI=1S/C21H23N3OS/c1-17-4-2-3-5-20(17)15-26-13-11-23-21(25)19-8-6-18(7-9-19)14-24-12-10-22-16-24/h2-10,12,16H,11,13-15H2,1H3,(H,23,25). The monoisotopic (exact) mass is 365 g/mol. The molecule has 1 N–H and O–H groups in total. The molecule has 5 heteroatoms. The Morgan fingerprint density at radius 2 is 1.96 bits per heavy atom. The Morgan fingerprint density at radius 3 is 2.69 bits per heavy atom. The molecule has 0 bridgehead atoms. The summed E-state index contributed by atoms with van der Waals surface area (Å²) in [5.41, 5.74) is 4.52. The summed E-state index contributed by atoms with van der Waals surface area (Å²) >= 11 is 1.84. The number of carbonyl (C=O) groups excluding carboxylic acids is 1. The Bertz CT molecular complexity index is 829. The Morgan fingerprint density at radius 1 is 1.15 bits per heavy atom. The first kappa shape index (κ1) is 18.3. The Labute approximate surface area is 158 Å². The lowest BCUT2D eigenvalue weighted by Gasteiger charge is -2.08. The van der Waals surface area contributed by atoms with Crippen LogP contribution in [0.4, 0.5) is 0 Å². The molecule has 2 aromatic carbocycles. The summed E-state index contributed by atoms with van der Waals surface area (Å²) in [4.78, 5) is 16.3. The SMILES string of the molecule is Cc1ccccc1CSCCNC(=O)c1ccc(Cn2ccnc2)cc1. The third-order valence-corrected chi connectivity index (χ3v) is 5.20. The number of nitrogens with zero attached hydrogens (tertiary/aromatic N) is 2. The van der Waals surface area contributed by atoms with Crippen LogP contribution in [-0.2, 0) is 12.3 Å². The minimum atomic E-state index is -0.0179. The first-order valence-corrected chi connectivity index (χ1v) is 9.83. The van der Waals surface area contributed by atoms with Gasteiger partial charge in [-0.05, 0) is 35.7 Å². The maximum Gasteiger partial charge on any atom is 0.251 e. The number of aryl methyl sites for hydroxylation is 1. The number of rotatable bonds is 8. The molecule has 1 amide bonds. The van der Waals surface area contributed by atoms with E-state index in [4.69, 9.17) is 0 Å². The van der Waals surface area contributed by atoms with E-state index in [9.17, 15) is 4.79 Å². The molecular weight excluding hydrogens is 342 g/mol. The number of hydrogen-bond acceptors (Lipinski definition) is 3. The quantitative estimate of drug-likeness (QED) is 0.616. The predicted octanol–water partition coefficient (Wildman–Crippen LogP) is 3.90. The Kier molecular flexibility index (Phi) is 6.50. The van der Waals surface area contributed by atoms with Crippen LogP contribution in [-0.4, -0.2) is 27.8 Å². The zero-order valence-electron chi connectivity index (χ0n) is 14.9. The molecule has 0 radical (unpaired) electrons. The molecule has 4 nitrogen and oxygen atoms in total. The number of imidazole rings is 1. The molecule has 0 saturated carbocycles. The summed E-state index contributed by atoms with van der Waals surface area (Å²) < 4.78 is 2.00. The van der Waals surface area contributed by atoms with E-state index < -0.39 is 0 Å². The fourth-order valence-electron chi connectivity index (χ4n) is 2.65. The van der Waals surface area contributed by atoms with Gasteiger partial charge in [-0.3, -0.25) is 4.79 Å². The highest BCUT2D eigenvalue weighted by molar-refractivity contribution is 7.98. The van der Waals surface area contributed by atoms with Crippen LogP contribution in [0.25, 0.3) is 0 Å². The van der Waals surface area contributed by atoms with Crippen LogP contribution in [0.2, 0.25) is 0 Å². The van der Waals surface area contributed by atoms with Crippen molar-refractivity contribution in [2.24, 2.45) is 0 Å². The van der Waals surface area contributed by atoms with Gasteiger partial charge in [-0.1, -0.05) is 36.4 Å². The van der Waals surface area contributed by atoms with Crippen molar-refractivity contribution in [2.45, 2.75) is 19.2 Å². The van der Waals surface area contributed by atoms with Crippen molar-refractivity contribution in [1.82, 2.24) is 14.9 Å². The number of nitrogens with one attached hydrogen (secondary N) is 1. The lowest BCUT2D eigenvalue weighted by Crippen LogP contribution is -2.25. The van der Waals surface area contributed by atoms with Crippen LogP contribution >= 0.6 is 11.8 Å². The minimum Gasteiger partial charge on any atom is -0.351 e. The molecule has 0 aliphatic carbocycles. The van der Waals surface area contributed by atoms with Gasteiger partial charge in [0.15, 0.2) is 0 Å². The molecule has 26 heavy (non-hydrogen) atoms. The maximum atomic E-state index is 12.2. The van der Waals surface area contributed by atoms with Gasteiger partial charge < -0.3 is 9.88 Å². The third kappa shape index (κ3) is 5.23. The maximum absolute atomic E-state index is 12.2. The van der Waals surface area contributed by atoms with E-state index in [0.29, 0.717) is 12.1 Å². The molecule has 0 aliphatic rings. The van der Waals surface area contributed by atoms with Crippen molar-refractivity contribution in [3.8, 4) is 0 Å². The molecule has 3 rings (SSSR count). The smallest absolute Gasteiger partial charge is 0.251 e. The normalized spacial score (nSPS) is 10.7.